The zero-order chi connectivity index (χ0) is 18.8. The minimum absolute atomic E-state index is 0.135. The van der Waals surface area contributed by atoms with Crippen LogP contribution in [0.25, 0.3) is 21.1 Å². The van der Waals surface area contributed by atoms with Crippen LogP contribution in [0.5, 0.6) is 0 Å². The molecular formula is C19H15ClN4O2S. The third-order valence-electron chi connectivity index (χ3n) is 4.04. The third kappa shape index (κ3) is 3.65. The summed E-state index contributed by atoms with van der Waals surface area (Å²) in [6, 6.07) is 15.2. The number of amides is 2. The summed E-state index contributed by atoms with van der Waals surface area (Å²) in [6.45, 7) is 0.122. The van der Waals surface area contributed by atoms with E-state index in [1.807, 2.05) is 48.5 Å². The fourth-order valence-corrected chi connectivity index (χ4v) is 4.17. The van der Waals surface area contributed by atoms with Crippen LogP contribution in [0.1, 0.15) is 15.5 Å². The van der Waals surface area contributed by atoms with Gasteiger partial charge in [-0.15, -0.1) is 11.3 Å². The predicted octanol–water partition coefficient (Wildman–Crippen LogP) is 3.48. The molecule has 0 saturated carbocycles. The van der Waals surface area contributed by atoms with E-state index in [4.69, 9.17) is 11.6 Å². The van der Waals surface area contributed by atoms with Crippen LogP contribution in [0.4, 0.5) is 0 Å². The number of hydrogen-bond donors (Lipinski definition) is 3. The van der Waals surface area contributed by atoms with Gasteiger partial charge >= 0.3 is 0 Å². The third-order valence-corrected chi connectivity index (χ3v) is 5.72. The van der Waals surface area contributed by atoms with Gasteiger partial charge in [-0.1, -0.05) is 41.9 Å². The molecule has 2 amide bonds. The molecule has 3 N–H and O–H groups in total. The molecule has 27 heavy (non-hydrogen) atoms. The Labute approximate surface area is 163 Å². The summed E-state index contributed by atoms with van der Waals surface area (Å²) >= 11 is 7.59. The van der Waals surface area contributed by atoms with Crippen LogP contribution in [-0.2, 0) is 11.3 Å². The molecule has 8 heteroatoms. The molecule has 0 spiro atoms. The number of carbonyl (C=O) groups excluding carboxylic acids is 2. The van der Waals surface area contributed by atoms with E-state index in [0.29, 0.717) is 15.7 Å². The van der Waals surface area contributed by atoms with Gasteiger partial charge < -0.3 is 15.6 Å². The molecule has 2 aromatic heterocycles. The summed E-state index contributed by atoms with van der Waals surface area (Å²) in [6.07, 6.45) is 0. The number of para-hydroxylation sites is 2. The highest BCUT2D eigenvalue weighted by Crippen LogP contribution is 2.34. The number of halogens is 1. The predicted molar refractivity (Wildman–Crippen MR) is 107 cm³/mol. The van der Waals surface area contributed by atoms with Crippen LogP contribution in [0.2, 0.25) is 5.02 Å². The topological polar surface area (TPSA) is 86.9 Å². The molecule has 0 aliphatic heterocycles. The van der Waals surface area contributed by atoms with Crippen molar-refractivity contribution < 1.29 is 9.59 Å². The van der Waals surface area contributed by atoms with Crippen molar-refractivity contribution in [3.05, 3.63) is 64.3 Å². The molecule has 0 aliphatic rings. The SMILES string of the molecule is O=C(CNC(=O)c1sc2ccccc2c1Cl)NCc1nc2ccccc2[nH]1. The standard InChI is InChI=1S/C19H15ClN4O2S/c20-17-11-5-1-4-8-14(11)27-18(17)19(26)22-10-16(25)21-9-15-23-12-6-2-3-7-13(12)24-15/h1-8H,9-10H2,(H,21,25)(H,22,26)(H,23,24). The number of aromatic nitrogens is 2. The lowest BCUT2D eigenvalue weighted by Crippen LogP contribution is -2.36. The van der Waals surface area contributed by atoms with E-state index in [-0.39, 0.29) is 24.9 Å². The fraction of sp³-hybridized carbons (Fsp3) is 0.105. The van der Waals surface area contributed by atoms with Crippen molar-refractivity contribution in [2.45, 2.75) is 6.54 Å². The Balaban J connectivity index is 1.34. The second kappa shape index (κ2) is 7.38. The summed E-state index contributed by atoms with van der Waals surface area (Å²) < 4.78 is 0.932. The average Bonchev–Trinajstić information content (AvgIpc) is 3.25. The molecule has 2 aromatic carbocycles. The minimum Gasteiger partial charge on any atom is -0.347 e. The van der Waals surface area contributed by atoms with Crippen LogP contribution in [-0.4, -0.2) is 28.3 Å². The highest BCUT2D eigenvalue weighted by molar-refractivity contribution is 7.21. The second-order valence-corrected chi connectivity index (χ2v) is 7.33. The van der Waals surface area contributed by atoms with Gasteiger partial charge in [0.1, 0.15) is 10.7 Å². The van der Waals surface area contributed by atoms with E-state index in [2.05, 4.69) is 20.6 Å². The molecule has 0 bridgehead atoms. The fourth-order valence-electron chi connectivity index (χ4n) is 2.74. The number of nitrogens with zero attached hydrogens (tertiary/aromatic N) is 1. The molecule has 4 rings (SSSR count). The summed E-state index contributed by atoms with van der Waals surface area (Å²) in [5.41, 5.74) is 1.75. The monoisotopic (exact) mass is 398 g/mol. The number of thiophene rings is 1. The number of aromatic amines is 1. The molecule has 0 atom stereocenters. The highest BCUT2D eigenvalue weighted by Gasteiger charge is 2.17. The van der Waals surface area contributed by atoms with Gasteiger partial charge in [-0.2, -0.15) is 0 Å². The first-order chi connectivity index (χ1) is 13.1. The maximum absolute atomic E-state index is 12.3. The molecule has 136 valence electrons. The Morgan fingerprint density at radius 1 is 1.07 bits per heavy atom. The Morgan fingerprint density at radius 3 is 2.67 bits per heavy atom. The van der Waals surface area contributed by atoms with Crippen molar-refractivity contribution in [2.24, 2.45) is 0 Å². The zero-order valence-corrected chi connectivity index (χ0v) is 15.7. The number of nitrogens with one attached hydrogen (secondary N) is 3. The molecule has 2 heterocycles. The summed E-state index contributed by atoms with van der Waals surface area (Å²) in [5, 5.41) is 6.59. The summed E-state index contributed by atoms with van der Waals surface area (Å²) in [4.78, 5) is 32.3. The lowest BCUT2D eigenvalue weighted by molar-refractivity contribution is -0.120. The Morgan fingerprint density at radius 2 is 1.85 bits per heavy atom. The minimum atomic E-state index is -0.361. The Kier molecular flexibility index (Phi) is 4.79. The van der Waals surface area contributed by atoms with Crippen molar-refractivity contribution in [1.82, 2.24) is 20.6 Å². The van der Waals surface area contributed by atoms with Gasteiger partial charge in [0.2, 0.25) is 5.91 Å². The van der Waals surface area contributed by atoms with Crippen molar-refractivity contribution in [3.63, 3.8) is 0 Å². The number of carbonyl (C=O) groups is 2. The number of hydrogen-bond acceptors (Lipinski definition) is 4. The number of fused-ring (bicyclic) bond motifs is 2. The first-order valence-corrected chi connectivity index (χ1v) is 9.47. The van der Waals surface area contributed by atoms with E-state index in [1.54, 1.807) is 0 Å². The van der Waals surface area contributed by atoms with Gasteiger partial charge in [0.25, 0.3) is 5.91 Å². The molecule has 6 nitrogen and oxygen atoms in total. The van der Waals surface area contributed by atoms with E-state index < -0.39 is 0 Å². The number of imidazole rings is 1. The van der Waals surface area contributed by atoms with E-state index >= 15 is 0 Å². The zero-order valence-electron chi connectivity index (χ0n) is 14.1. The normalized spacial score (nSPS) is 11.0. The average molecular weight is 399 g/mol. The maximum atomic E-state index is 12.3. The van der Waals surface area contributed by atoms with E-state index in [1.165, 1.54) is 11.3 Å². The van der Waals surface area contributed by atoms with E-state index in [0.717, 1.165) is 21.1 Å². The summed E-state index contributed by atoms with van der Waals surface area (Å²) in [7, 11) is 0. The van der Waals surface area contributed by atoms with E-state index in [9.17, 15) is 9.59 Å². The number of rotatable bonds is 5. The molecule has 0 saturated heterocycles. The number of benzene rings is 2. The lowest BCUT2D eigenvalue weighted by atomic mass is 10.2. The van der Waals surface area contributed by atoms with Crippen LogP contribution in [0, 0.1) is 0 Å². The summed E-state index contributed by atoms with van der Waals surface area (Å²) in [5.74, 6) is -0.00967. The van der Waals surface area contributed by atoms with Crippen LogP contribution in [0.3, 0.4) is 0 Å². The molecule has 4 aromatic rings. The van der Waals surface area contributed by atoms with Crippen LogP contribution < -0.4 is 10.6 Å². The smallest absolute Gasteiger partial charge is 0.263 e. The maximum Gasteiger partial charge on any atom is 0.263 e. The lowest BCUT2D eigenvalue weighted by Gasteiger charge is -2.05. The van der Waals surface area contributed by atoms with Gasteiger partial charge in [-0.25, -0.2) is 4.98 Å². The largest absolute Gasteiger partial charge is 0.347 e. The first-order valence-electron chi connectivity index (χ1n) is 8.27. The number of H-pyrrole nitrogens is 1. The van der Waals surface area contributed by atoms with Gasteiger partial charge in [-0.05, 0) is 18.2 Å². The van der Waals surface area contributed by atoms with Crippen molar-refractivity contribution >= 4 is 55.9 Å². The molecule has 0 unspecified atom stereocenters. The van der Waals surface area contributed by atoms with Crippen molar-refractivity contribution in [1.29, 1.82) is 0 Å². The molecule has 0 aliphatic carbocycles. The Bertz CT molecular complexity index is 1120. The van der Waals surface area contributed by atoms with Crippen LogP contribution in [0.15, 0.2) is 48.5 Å². The van der Waals surface area contributed by atoms with Crippen molar-refractivity contribution in [2.75, 3.05) is 6.54 Å². The van der Waals surface area contributed by atoms with Gasteiger partial charge in [0.15, 0.2) is 0 Å². The quantitative estimate of drug-likeness (QED) is 0.481. The molecular weight excluding hydrogens is 384 g/mol. The first kappa shape index (κ1) is 17.5. The highest BCUT2D eigenvalue weighted by atomic mass is 35.5. The van der Waals surface area contributed by atoms with Gasteiger partial charge in [0.05, 0.1) is 29.1 Å². The Hall–Kier alpha value is -2.90. The van der Waals surface area contributed by atoms with Gasteiger partial charge in [0, 0.05) is 10.1 Å². The molecule has 0 fully saturated rings. The van der Waals surface area contributed by atoms with Gasteiger partial charge in [-0.3, -0.25) is 9.59 Å². The van der Waals surface area contributed by atoms with Crippen LogP contribution >= 0.6 is 22.9 Å². The molecule has 0 radical (unpaired) electrons. The second-order valence-electron chi connectivity index (χ2n) is 5.90. The van der Waals surface area contributed by atoms with Crippen molar-refractivity contribution in [3.8, 4) is 0 Å².